The lowest BCUT2D eigenvalue weighted by Gasteiger charge is -2.33. The SMILES string of the molecule is NC(=O)c1cnccc1NC1CCN(Cc2ccc(Cl)c(Cl)c2)CC1. The Morgan fingerprint density at radius 2 is 2.00 bits per heavy atom. The van der Waals surface area contributed by atoms with Gasteiger partial charge in [-0.05, 0) is 36.6 Å². The molecule has 2 aromatic rings. The van der Waals surface area contributed by atoms with E-state index in [-0.39, 0.29) is 0 Å². The summed E-state index contributed by atoms with van der Waals surface area (Å²) in [7, 11) is 0. The molecule has 0 atom stereocenters. The van der Waals surface area contributed by atoms with Gasteiger partial charge in [-0.1, -0.05) is 29.3 Å². The van der Waals surface area contributed by atoms with Gasteiger partial charge in [0.15, 0.2) is 0 Å². The van der Waals surface area contributed by atoms with E-state index in [4.69, 9.17) is 28.9 Å². The summed E-state index contributed by atoms with van der Waals surface area (Å²) in [5, 5.41) is 4.60. The number of primary amides is 1. The standard InChI is InChI=1S/C18H20Cl2N4O/c19-15-2-1-12(9-16(15)20)11-24-7-4-13(5-8-24)23-17-3-6-22-10-14(17)18(21)25/h1-3,6,9-10,13H,4-5,7-8,11H2,(H2,21,25)(H,22,23). The van der Waals surface area contributed by atoms with Crippen LogP contribution in [0.5, 0.6) is 0 Å². The average molecular weight is 379 g/mol. The van der Waals surface area contributed by atoms with Crippen molar-refractivity contribution in [3.05, 3.63) is 57.8 Å². The molecule has 132 valence electrons. The number of likely N-dealkylation sites (tertiary alicyclic amines) is 1. The molecule has 1 fully saturated rings. The Bertz CT molecular complexity index is 760. The van der Waals surface area contributed by atoms with Crippen molar-refractivity contribution in [3.63, 3.8) is 0 Å². The normalized spacial score (nSPS) is 15.9. The lowest BCUT2D eigenvalue weighted by molar-refractivity contribution is 0.100. The first kappa shape index (κ1) is 18.0. The van der Waals surface area contributed by atoms with E-state index in [9.17, 15) is 4.79 Å². The van der Waals surface area contributed by atoms with Crippen molar-refractivity contribution in [2.45, 2.75) is 25.4 Å². The number of nitrogens with zero attached hydrogens (tertiary/aromatic N) is 2. The van der Waals surface area contributed by atoms with Gasteiger partial charge < -0.3 is 11.1 Å². The van der Waals surface area contributed by atoms with E-state index in [2.05, 4.69) is 15.2 Å². The largest absolute Gasteiger partial charge is 0.381 e. The summed E-state index contributed by atoms with van der Waals surface area (Å²) >= 11 is 12.0. The minimum Gasteiger partial charge on any atom is -0.381 e. The molecule has 1 aromatic heterocycles. The quantitative estimate of drug-likeness (QED) is 0.833. The number of hydrogen-bond donors (Lipinski definition) is 2. The van der Waals surface area contributed by atoms with Gasteiger partial charge in [-0.15, -0.1) is 0 Å². The van der Waals surface area contributed by atoms with Crippen molar-refractivity contribution in [2.24, 2.45) is 5.73 Å². The van der Waals surface area contributed by atoms with Crippen LogP contribution in [-0.2, 0) is 6.54 Å². The van der Waals surface area contributed by atoms with Gasteiger partial charge in [-0.2, -0.15) is 0 Å². The number of anilines is 1. The monoisotopic (exact) mass is 378 g/mol. The summed E-state index contributed by atoms with van der Waals surface area (Å²) < 4.78 is 0. The number of nitrogens with two attached hydrogens (primary N) is 1. The lowest BCUT2D eigenvalue weighted by Crippen LogP contribution is -2.39. The fraction of sp³-hybridized carbons (Fsp3) is 0.333. The van der Waals surface area contributed by atoms with Gasteiger partial charge in [0, 0.05) is 38.1 Å². The number of amides is 1. The number of halogens is 2. The summed E-state index contributed by atoms with van der Waals surface area (Å²) in [6, 6.07) is 7.87. The maximum atomic E-state index is 11.5. The fourth-order valence-corrected chi connectivity index (χ4v) is 3.39. The van der Waals surface area contributed by atoms with Crippen LogP contribution in [0, 0.1) is 0 Å². The Hall–Kier alpha value is -1.82. The minimum atomic E-state index is -0.465. The molecule has 25 heavy (non-hydrogen) atoms. The number of carbonyl (C=O) groups is 1. The van der Waals surface area contributed by atoms with E-state index >= 15 is 0 Å². The van der Waals surface area contributed by atoms with Crippen LogP contribution in [0.1, 0.15) is 28.8 Å². The Morgan fingerprint density at radius 1 is 1.24 bits per heavy atom. The zero-order valence-corrected chi connectivity index (χ0v) is 15.2. The molecule has 1 aliphatic heterocycles. The van der Waals surface area contributed by atoms with Crippen LogP contribution in [0.3, 0.4) is 0 Å². The summed E-state index contributed by atoms with van der Waals surface area (Å²) in [5.74, 6) is -0.465. The molecule has 1 saturated heterocycles. The van der Waals surface area contributed by atoms with Crippen molar-refractivity contribution in [3.8, 4) is 0 Å². The van der Waals surface area contributed by atoms with E-state index in [0.717, 1.165) is 43.7 Å². The maximum Gasteiger partial charge on any atom is 0.252 e. The third-order valence-corrected chi connectivity index (χ3v) is 5.16. The van der Waals surface area contributed by atoms with E-state index in [1.165, 1.54) is 6.20 Å². The average Bonchev–Trinajstić information content (AvgIpc) is 2.60. The molecule has 0 aliphatic carbocycles. The number of hydrogen-bond acceptors (Lipinski definition) is 4. The summed E-state index contributed by atoms with van der Waals surface area (Å²) in [6.07, 6.45) is 5.14. The molecule has 7 heteroatoms. The first-order valence-electron chi connectivity index (χ1n) is 8.19. The summed E-state index contributed by atoms with van der Waals surface area (Å²) in [6.45, 7) is 2.79. The number of benzene rings is 1. The molecule has 0 unspecified atom stereocenters. The second-order valence-electron chi connectivity index (χ2n) is 6.23. The van der Waals surface area contributed by atoms with Crippen LogP contribution < -0.4 is 11.1 Å². The molecule has 5 nitrogen and oxygen atoms in total. The molecule has 0 bridgehead atoms. The predicted molar refractivity (Wildman–Crippen MR) is 101 cm³/mol. The number of aromatic nitrogens is 1. The van der Waals surface area contributed by atoms with Gasteiger partial charge in [0.2, 0.25) is 0 Å². The highest BCUT2D eigenvalue weighted by Crippen LogP contribution is 2.25. The van der Waals surface area contributed by atoms with Crippen molar-refractivity contribution >= 4 is 34.8 Å². The minimum absolute atomic E-state index is 0.311. The van der Waals surface area contributed by atoms with Gasteiger partial charge >= 0.3 is 0 Å². The molecule has 1 aliphatic rings. The van der Waals surface area contributed by atoms with E-state index < -0.39 is 5.91 Å². The van der Waals surface area contributed by atoms with Crippen molar-refractivity contribution in [2.75, 3.05) is 18.4 Å². The maximum absolute atomic E-state index is 11.5. The first-order chi connectivity index (χ1) is 12.0. The van der Waals surface area contributed by atoms with Crippen LogP contribution in [0.25, 0.3) is 0 Å². The fourth-order valence-electron chi connectivity index (χ4n) is 3.07. The van der Waals surface area contributed by atoms with Crippen molar-refractivity contribution < 1.29 is 4.79 Å². The Balaban J connectivity index is 1.55. The first-order valence-corrected chi connectivity index (χ1v) is 8.95. The number of nitrogens with one attached hydrogen (secondary N) is 1. The van der Waals surface area contributed by atoms with E-state index in [1.54, 1.807) is 12.3 Å². The molecule has 1 amide bonds. The van der Waals surface area contributed by atoms with Crippen LogP contribution in [0.15, 0.2) is 36.7 Å². The topological polar surface area (TPSA) is 71.2 Å². The van der Waals surface area contributed by atoms with Crippen molar-refractivity contribution in [1.29, 1.82) is 0 Å². The number of carbonyl (C=O) groups excluding carboxylic acids is 1. The van der Waals surface area contributed by atoms with Crippen LogP contribution in [0.4, 0.5) is 5.69 Å². The van der Waals surface area contributed by atoms with Crippen LogP contribution in [0.2, 0.25) is 10.0 Å². The predicted octanol–water partition coefficient (Wildman–Crippen LogP) is 3.56. The molecule has 0 saturated carbocycles. The third-order valence-electron chi connectivity index (χ3n) is 4.42. The number of pyridine rings is 1. The molecular formula is C18H20Cl2N4O. The van der Waals surface area contributed by atoms with Gasteiger partial charge in [0.25, 0.3) is 5.91 Å². The van der Waals surface area contributed by atoms with Crippen LogP contribution >= 0.6 is 23.2 Å². The molecule has 1 aromatic carbocycles. The highest BCUT2D eigenvalue weighted by Gasteiger charge is 2.20. The summed E-state index contributed by atoms with van der Waals surface area (Å²) in [5.41, 5.74) is 7.75. The zero-order chi connectivity index (χ0) is 17.8. The Morgan fingerprint density at radius 3 is 2.68 bits per heavy atom. The number of piperidine rings is 1. The third kappa shape index (κ3) is 4.63. The highest BCUT2D eigenvalue weighted by molar-refractivity contribution is 6.42. The molecule has 3 N–H and O–H groups in total. The summed E-state index contributed by atoms with van der Waals surface area (Å²) in [4.78, 5) is 17.8. The highest BCUT2D eigenvalue weighted by atomic mass is 35.5. The van der Waals surface area contributed by atoms with E-state index in [1.807, 2.05) is 18.2 Å². The van der Waals surface area contributed by atoms with Gasteiger partial charge in [0.05, 0.1) is 21.3 Å². The zero-order valence-electron chi connectivity index (χ0n) is 13.7. The Labute approximate surface area is 157 Å². The van der Waals surface area contributed by atoms with Crippen molar-refractivity contribution in [1.82, 2.24) is 9.88 Å². The molecule has 0 radical (unpaired) electrons. The molecule has 3 rings (SSSR count). The second kappa shape index (κ2) is 8.04. The molecular weight excluding hydrogens is 359 g/mol. The van der Waals surface area contributed by atoms with Gasteiger partial charge in [-0.25, -0.2) is 0 Å². The number of rotatable bonds is 5. The molecule has 2 heterocycles. The second-order valence-corrected chi connectivity index (χ2v) is 7.04. The van der Waals surface area contributed by atoms with Crippen LogP contribution in [-0.4, -0.2) is 34.9 Å². The lowest BCUT2D eigenvalue weighted by atomic mass is 10.0. The van der Waals surface area contributed by atoms with E-state index in [0.29, 0.717) is 21.7 Å². The molecule has 0 spiro atoms. The van der Waals surface area contributed by atoms with Gasteiger partial charge in [0.1, 0.15) is 0 Å². The van der Waals surface area contributed by atoms with Gasteiger partial charge in [-0.3, -0.25) is 14.7 Å². The smallest absolute Gasteiger partial charge is 0.252 e. The Kier molecular flexibility index (Phi) is 5.78.